The molecular formula is C16H26N2O3. The molecule has 0 atom stereocenters. The van der Waals surface area contributed by atoms with Crippen LogP contribution in [-0.4, -0.2) is 76.5 Å². The van der Waals surface area contributed by atoms with Gasteiger partial charge in [0.2, 0.25) is 0 Å². The van der Waals surface area contributed by atoms with Crippen molar-refractivity contribution in [1.82, 2.24) is 9.80 Å². The second kappa shape index (κ2) is 8.87. The van der Waals surface area contributed by atoms with E-state index in [1.54, 1.807) is 7.11 Å². The van der Waals surface area contributed by atoms with E-state index in [1.807, 2.05) is 24.3 Å². The highest BCUT2D eigenvalue weighted by atomic mass is 16.5. The Kier molecular flexibility index (Phi) is 6.79. The lowest BCUT2D eigenvalue weighted by atomic mass is 10.3. The third kappa shape index (κ3) is 5.91. The van der Waals surface area contributed by atoms with Crippen LogP contribution in [0.5, 0.6) is 11.5 Å². The first-order chi connectivity index (χ1) is 10.3. The third-order valence-corrected chi connectivity index (χ3v) is 3.70. The molecule has 0 bridgehead atoms. The van der Waals surface area contributed by atoms with E-state index in [1.165, 1.54) is 0 Å². The number of nitrogens with zero attached hydrogens (tertiary/aromatic N) is 2. The molecule has 1 aliphatic rings. The van der Waals surface area contributed by atoms with Crippen LogP contribution in [0.15, 0.2) is 24.3 Å². The number of rotatable bonds is 8. The molecule has 0 aromatic heterocycles. The minimum atomic E-state index is 0.700. The predicted molar refractivity (Wildman–Crippen MR) is 83.2 cm³/mol. The number of likely N-dealkylation sites (N-methyl/N-ethyl adjacent to an activating group) is 1. The van der Waals surface area contributed by atoms with Crippen LogP contribution in [0.25, 0.3) is 0 Å². The minimum absolute atomic E-state index is 0.700. The zero-order chi connectivity index (χ0) is 14.9. The second-order valence-corrected chi connectivity index (χ2v) is 5.28. The smallest absolute Gasteiger partial charge is 0.119 e. The first-order valence-electron chi connectivity index (χ1n) is 7.53. The molecule has 0 saturated carbocycles. The van der Waals surface area contributed by atoms with Gasteiger partial charge in [-0.2, -0.15) is 0 Å². The highest BCUT2D eigenvalue weighted by Gasteiger charge is 2.10. The van der Waals surface area contributed by atoms with Gasteiger partial charge in [0.05, 0.1) is 20.3 Å². The maximum absolute atomic E-state index is 5.74. The van der Waals surface area contributed by atoms with Crippen LogP contribution in [-0.2, 0) is 4.74 Å². The maximum atomic E-state index is 5.74. The second-order valence-electron chi connectivity index (χ2n) is 5.28. The molecule has 0 aliphatic carbocycles. The summed E-state index contributed by atoms with van der Waals surface area (Å²) in [7, 11) is 3.80. The van der Waals surface area contributed by atoms with Crippen LogP contribution in [0, 0.1) is 0 Å². The molecule has 21 heavy (non-hydrogen) atoms. The predicted octanol–water partition coefficient (Wildman–Crippen LogP) is 1.34. The fourth-order valence-corrected chi connectivity index (χ4v) is 2.24. The van der Waals surface area contributed by atoms with Gasteiger partial charge in [-0.3, -0.25) is 4.90 Å². The summed E-state index contributed by atoms with van der Waals surface area (Å²) < 4.78 is 16.2. The standard InChI is InChI=1S/C16H26N2O3/c1-17(7-8-18-10-12-20-13-11-18)9-14-21-16-5-3-15(19-2)4-6-16/h3-6H,7-14H2,1-2H3. The Labute approximate surface area is 127 Å². The van der Waals surface area contributed by atoms with E-state index in [0.717, 1.165) is 57.4 Å². The van der Waals surface area contributed by atoms with E-state index < -0.39 is 0 Å². The van der Waals surface area contributed by atoms with Gasteiger partial charge in [-0.05, 0) is 31.3 Å². The summed E-state index contributed by atoms with van der Waals surface area (Å²) in [5.41, 5.74) is 0. The van der Waals surface area contributed by atoms with Crippen LogP contribution in [0.3, 0.4) is 0 Å². The summed E-state index contributed by atoms with van der Waals surface area (Å²) in [6.45, 7) is 7.62. The molecule has 1 heterocycles. The molecule has 0 amide bonds. The Morgan fingerprint density at radius 1 is 1.10 bits per heavy atom. The Balaban J connectivity index is 1.58. The van der Waals surface area contributed by atoms with Crippen LogP contribution in [0.4, 0.5) is 0 Å². The first-order valence-corrected chi connectivity index (χ1v) is 7.53. The van der Waals surface area contributed by atoms with Crippen molar-refractivity contribution in [3.63, 3.8) is 0 Å². The Morgan fingerprint density at radius 2 is 1.76 bits per heavy atom. The summed E-state index contributed by atoms with van der Waals surface area (Å²) in [6.07, 6.45) is 0. The monoisotopic (exact) mass is 294 g/mol. The molecule has 1 aromatic carbocycles. The average Bonchev–Trinajstić information content (AvgIpc) is 2.54. The lowest BCUT2D eigenvalue weighted by Gasteiger charge is -2.28. The van der Waals surface area contributed by atoms with Crippen LogP contribution in [0.2, 0.25) is 0 Å². The number of hydrogen-bond donors (Lipinski definition) is 0. The Bertz CT molecular complexity index is 391. The molecular weight excluding hydrogens is 268 g/mol. The van der Waals surface area contributed by atoms with Crippen LogP contribution in [0.1, 0.15) is 0 Å². The van der Waals surface area contributed by atoms with E-state index in [2.05, 4.69) is 16.8 Å². The van der Waals surface area contributed by atoms with E-state index >= 15 is 0 Å². The summed E-state index contributed by atoms with van der Waals surface area (Å²) in [4.78, 5) is 4.75. The number of hydrogen-bond acceptors (Lipinski definition) is 5. The zero-order valence-electron chi connectivity index (χ0n) is 13.1. The molecule has 2 rings (SSSR count). The van der Waals surface area contributed by atoms with Gasteiger partial charge in [-0.25, -0.2) is 0 Å². The number of ether oxygens (including phenoxy) is 3. The van der Waals surface area contributed by atoms with Gasteiger partial charge in [-0.1, -0.05) is 0 Å². The molecule has 0 unspecified atom stereocenters. The maximum Gasteiger partial charge on any atom is 0.119 e. The largest absolute Gasteiger partial charge is 0.497 e. The summed E-state index contributed by atoms with van der Waals surface area (Å²) in [6, 6.07) is 7.70. The van der Waals surface area contributed by atoms with Crippen molar-refractivity contribution in [2.24, 2.45) is 0 Å². The van der Waals surface area contributed by atoms with Crippen LogP contribution < -0.4 is 9.47 Å². The molecule has 5 nitrogen and oxygen atoms in total. The van der Waals surface area contributed by atoms with Crippen molar-refractivity contribution in [2.75, 3.05) is 66.7 Å². The van der Waals surface area contributed by atoms with Crippen molar-refractivity contribution >= 4 is 0 Å². The Morgan fingerprint density at radius 3 is 2.43 bits per heavy atom. The molecule has 1 aromatic rings. The molecule has 1 fully saturated rings. The lowest BCUT2D eigenvalue weighted by Crippen LogP contribution is -2.41. The third-order valence-electron chi connectivity index (χ3n) is 3.70. The minimum Gasteiger partial charge on any atom is -0.497 e. The summed E-state index contributed by atoms with van der Waals surface area (Å²) >= 11 is 0. The van der Waals surface area contributed by atoms with Gasteiger partial charge < -0.3 is 19.1 Å². The molecule has 1 aliphatic heterocycles. The molecule has 0 radical (unpaired) electrons. The summed E-state index contributed by atoms with van der Waals surface area (Å²) in [5, 5.41) is 0. The van der Waals surface area contributed by atoms with Crippen LogP contribution >= 0.6 is 0 Å². The topological polar surface area (TPSA) is 34.2 Å². The number of benzene rings is 1. The van der Waals surface area contributed by atoms with Gasteiger partial charge in [0, 0.05) is 32.7 Å². The first kappa shape index (κ1) is 16.1. The van der Waals surface area contributed by atoms with Crippen molar-refractivity contribution in [3.8, 4) is 11.5 Å². The summed E-state index contributed by atoms with van der Waals surface area (Å²) in [5.74, 6) is 1.74. The van der Waals surface area contributed by atoms with Crippen molar-refractivity contribution in [1.29, 1.82) is 0 Å². The molecule has 1 saturated heterocycles. The highest BCUT2D eigenvalue weighted by Crippen LogP contribution is 2.16. The zero-order valence-corrected chi connectivity index (χ0v) is 13.1. The average molecular weight is 294 g/mol. The fourth-order valence-electron chi connectivity index (χ4n) is 2.24. The molecule has 5 heteroatoms. The van der Waals surface area contributed by atoms with Crippen molar-refractivity contribution in [2.45, 2.75) is 0 Å². The number of methoxy groups -OCH3 is 1. The van der Waals surface area contributed by atoms with Gasteiger partial charge in [-0.15, -0.1) is 0 Å². The van der Waals surface area contributed by atoms with Crippen molar-refractivity contribution < 1.29 is 14.2 Å². The van der Waals surface area contributed by atoms with Gasteiger partial charge >= 0.3 is 0 Å². The van der Waals surface area contributed by atoms with E-state index in [-0.39, 0.29) is 0 Å². The fraction of sp³-hybridized carbons (Fsp3) is 0.625. The van der Waals surface area contributed by atoms with Crippen molar-refractivity contribution in [3.05, 3.63) is 24.3 Å². The normalized spacial score (nSPS) is 16.1. The molecule has 0 spiro atoms. The number of morpholine rings is 1. The quantitative estimate of drug-likeness (QED) is 0.723. The lowest BCUT2D eigenvalue weighted by molar-refractivity contribution is 0.0340. The SMILES string of the molecule is COc1ccc(OCCN(C)CCN2CCOCC2)cc1. The van der Waals surface area contributed by atoms with Gasteiger partial charge in [0.25, 0.3) is 0 Å². The van der Waals surface area contributed by atoms with E-state index in [0.29, 0.717) is 6.61 Å². The van der Waals surface area contributed by atoms with Gasteiger partial charge in [0.1, 0.15) is 18.1 Å². The molecule has 118 valence electrons. The highest BCUT2D eigenvalue weighted by molar-refractivity contribution is 5.31. The Hall–Kier alpha value is -1.30. The van der Waals surface area contributed by atoms with Gasteiger partial charge in [0.15, 0.2) is 0 Å². The van der Waals surface area contributed by atoms with E-state index in [4.69, 9.17) is 14.2 Å². The van der Waals surface area contributed by atoms with E-state index in [9.17, 15) is 0 Å². The molecule has 0 N–H and O–H groups in total.